The highest BCUT2D eigenvalue weighted by molar-refractivity contribution is 7.87. The van der Waals surface area contributed by atoms with Gasteiger partial charge in [0.1, 0.15) is 36.7 Å². The van der Waals surface area contributed by atoms with Crippen LogP contribution in [0.2, 0.25) is 0 Å². The number of amides is 1. The second kappa shape index (κ2) is 6.35. The number of ether oxygens (including phenoxy) is 3. The highest BCUT2D eigenvalue weighted by atomic mass is 32.2. The van der Waals surface area contributed by atoms with E-state index in [1.807, 2.05) is 0 Å². The largest absolute Gasteiger partial charge is 0.462 e. The summed E-state index contributed by atoms with van der Waals surface area (Å²) in [5.41, 5.74) is -0.422. The van der Waals surface area contributed by atoms with Gasteiger partial charge in [-0.1, -0.05) is 6.58 Å². The third kappa shape index (κ3) is 3.31. The van der Waals surface area contributed by atoms with Crippen LogP contribution in [0.4, 0.5) is 0 Å². The van der Waals surface area contributed by atoms with Gasteiger partial charge in [0.2, 0.25) is 5.91 Å². The maximum Gasteiger partial charge on any atom is 0.325 e. The zero-order valence-corrected chi connectivity index (χ0v) is 14.8. The quantitative estimate of drug-likeness (QED) is 0.268. The molecule has 0 aromatic carbocycles. The van der Waals surface area contributed by atoms with Gasteiger partial charge >= 0.3 is 5.97 Å². The lowest BCUT2D eigenvalue weighted by Crippen LogP contribution is -2.47. The molecule has 0 aromatic rings. The maximum atomic E-state index is 11.9. The molecule has 0 spiro atoms. The van der Waals surface area contributed by atoms with E-state index in [1.54, 1.807) is 6.92 Å². The molecule has 1 N–H and O–H groups in total. The van der Waals surface area contributed by atoms with E-state index in [0.717, 1.165) is 0 Å². The van der Waals surface area contributed by atoms with Crippen LogP contribution in [0.15, 0.2) is 12.2 Å². The SMILES string of the molecule is C=C(C)C(=O)NCC(=O)OCCOC1C2OS(=O)(=O)C3CC1(C)OC23. The molecule has 0 aromatic heterocycles. The minimum atomic E-state index is -3.61. The number of nitrogens with one attached hydrogen (secondary N) is 1. The lowest BCUT2D eigenvalue weighted by atomic mass is 9.85. The van der Waals surface area contributed by atoms with Gasteiger partial charge in [0.15, 0.2) is 0 Å². The van der Waals surface area contributed by atoms with Gasteiger partial charge < -0.3 is 19.5 Å². The highest BCUT2D eigenvalue weighted by Crippen LogP contribution is 2.53. The zero-order valence-electron chi connectivity index (χ0n) is 14.0. The first-order chi connectivity index (χ1) is 11.6. The van der Waals surface area contributed by atoms with E-state index < -0.39 is 51.2 Å². The molecule has 10 heteroatoms. The molecule has 1 amide bonds. The number of esters is 1. The van der Waals surface area contributed by atoms with Crippen LogP contribution in [0, 0.1) is 0 Å². The van der Waals surface area contributed by atoms with Crippen LogP contribution in [-0.2, 0) is 38.1 Å². The second-order valence-electron chi connectivity index (χ2n) is 6.67. The number of carbonyl (C=O) groups is 2. The Morgan fingerprint density at radius 2 is 2.04 bits per heavy atom. The Balaban J connectivity index is 1.42. The fraction of sp³-hybridized carbons (Fsp3) is 0.733. The molecule has 2 bridgehead atoms. The summed E-state index contributed by atoms with van der Waals surface area (Å²) in [6.45, 7) is 6.57. The topological polar surface area (TPSA) is 117 Å². The highest BCUT2D eigenvalue weighted by Gasteiger charge is 2.71. The number of rotatable bonds is 7. The normalized spacial score (nSPS) is 37.0. The Hall–Kier alpha value is -1.49. The van der Waals surface area contributed by atoms with E-state index >= 15 is 0 Å². The molecule has 140 valence electrons. The van der Waals surface area contributed by atoms with E-state index in [2.05, 4.69) is 11.9 Å². The molecule has 25 heavy (non-hydrogen) atoms. The van der Waals surface area contributed by atoms with E-state index in [9.17, 15) is 18.0 Å². The molecule has 0 radical (unpaired) electrons. The Morgan fingerprint density at radius 1 is 1.32 bits per heavy atom. The molecule has 3 fully saturated rings. The third-order valence-corrected chi connectivity index (χ3v) is 6.31. The van der Waals surface area contributed by atoms with Crippen LogP contribution in [0.5, 0.6) is 0 Å². The summed E-state index contributed by atoms with van der Waals surface area (Å²) in [7, 11) is -3.61. The average molecular weight is 375 g/mol. The molecular formula is C15H21NO8S. The zero-order chi connectivity index (χ0) is 18.4. The fourth-order valence-corrected chi connectivity index (χ4v) is 5.22. The second-order valence-corrected chi connectivity index (χ2v) is 8.45. The van der Waals surface area contributed by atoms with Crippen LogP contribution < -0.4 is 5.32 Å². The molecule has 5 atom stereocenters. The monoisotopic (exact) mass is 375 g/mol. The molecule has 3 rings (SSSR count). The van der Waals surface area contributed by atoms with Crippen molar-refractivity contribution in [1.29, 1.82) is 0 Å². The standard InChI is InChI=1S/C15H21NO8S/c1-8(2)14(18)16-7-10(17)21-4-5-22-13-12-11-9(25(19,20)24-12)6-15(13,3)23-11/h9,11-13H,1,4-7H2,2-3H3,(H,16,18). The fourth-order valence-electron chi connectivity index (χ4n) is 3.49. The Kier molecular flexibility index (Phi) is 4.65. The van der Waals surface area contributed by atoms with Gasteiger partial charge in [0, 0.05) is 12.0 Å². The van der Waals surface area contributed by atoms with Crippen LogP contribution in [-0.4, -0.2) is 69.2 Å². The number of fused-ring (bicyclic) bond motifs is 1. The van der Waals surface area contributed by atoms with E-state index in [0.29, 0.717) is 12.0 Å². The Morgan fingerprint density at radius 3 is 2.72 bits per heavy atom. The van der Waals surface area contributed by atoms with Gasteiger partial charge in [-0.05, 0) is 13.8 Å². The van der Waals surface area contributed by atoms with Crippen molar-refractivity contribution in [2.24, 2.45) is 0 Å². The van der Waals surface area contributed by atoms with Crippen LogP contribution in [0.3, 0.4) is 0 Å². The lowest BCUT2D eigenvalue weighted by molar-refractivity contribution is -0.147. The van der Waals surface area contributed by atoms with Crippen molar-refractivity contribution in [3.63, 3.8) is 0 Å². The minimum Gasteiger partial charge on any atom is -0.462 e. The van der Waals surface area contributed by atoms with Crippen molar-refractivity contribution in [2.75, 3.05) is 19.8 Å². The van der Waals surface area contributed by atoms with Crippen LogP contribution in [0.25, 0.3) is 0 Å². The summed E-state index contributed by atoms with van der Waals surface area (Å²) in [5.74, 6) is -1.03. The average Bonchev–Trinajstić information content (AvgIpc) is 3.06. The number of hydrogen-bond donors (Lipinski definition) is 1. The summed E-state index contributed by atoms with van der Waals surface area (Å²) < 4.78 is 45.3. The molecule has 9 nitrogen and oxygen atoms in total. The van der Waals surface area contributed by atoms with Crippen LogP contribution >= 0.6 is 0 Å². The van der Waals surface area contributed by atoms with E-state index in [-0.39, 0.29) is 19.8 Å². The van der Waals surface area contributed by atoms with Gasteiger partial charge in [-0.15, -0.1) is 0 Å². The Labute approximate surface area is 145 Å². The van der Waals surface area contributed by atoms with Crippen molar-refractivity contribution < 1.29 is 36.4 Å². The molecule has 3 aliphatic rings. The first-order valence-electron chi connectivity index (χ1n) is 7.95. The molecule has 3 aliphatic heterocycles. The van der Waals surface area contributed by atoms with Gasteiger partial charge in [0.25, 0.3) is 10.1 Å². The van der Waals surface area contributed by atoms with Crippen molar-refractivity contribution in [2.45, 2.75) is 49.4 Å². The molecule has 5 unspecified atom stereocenters. The van der Waals surface area contributed by atoms with Crippen molar-refractivity contribution in [1.82, 2.24) is 5.32 Å². The first-order valence-corrected chi connectivity index (χ1v) is 9.42. The molecule has 0 aliphatic carbocycles. The molecule has 3 saturated heterocycles. The molecular weight excluding hydrogens is 354 g/mol. The van der Waals surface area contributed by atoms with Crippen molar-refractivity contribution >= 4 is 22.0 Å². The lowest BCUT2D eigenvalue weighted by Gasteiger charge is -2.29. The van der Waals surface area contributed by atoms with E-state index in [1.165, 1.54) is 6.92 Å². The first kappa shape index (κ1) is 18.3. The van der Waals surface area contributed by atoms with Crippen molar-refractivity contribution in [3.8, 4) is 0 Å². The van der Waals surface area contributed by atoms with Crippen molar-refractivity contribution in [3.05, 3.63) is 12.2 Å². The number of carbonyl (C=O) groups excluding carboxylic acids is 2. The minimum absolute atomic E-state index is 0.0259. The Bertz CT molecular complexity index is 704. The third-order valence-electron chi connectivity index (χ3n) is 4.64. The molecule has 0 saturated carbocycles. The summed E-state index contributed by atoms with van der Waals surface area (Å²) >= 11 is 0. The molecule has 3 heterocycles. The maximum absolute atomic E-state index is 11.9. The van der Waals surface area contributed by atoms with E-state index in [4.69, 9.17) is 18.4 Å². The predicted octanol–water partition coefficient (Wildman–Crippen LogP) is -0.734. The summed E-state index contributed by atoms with van der Waals surface area (Å²) in [5, 5.41) is 1.73. The van der Waals surface area contributed by atoms with Gasteiger partial charge in [-0.25, -0.2) is 0 Å². The van der Waals surface area contributed by atoms with Gasteiger partial charge in [-0.3, -0.25) is 13.8 Å². The summed E-state index contributed by atoms with van der Waals surface area (Å²) in [6, 6.07) is 0. The van der Waals surface area contributed by atoms with Gasteiger partial charge in [0.05, 0.1) is 12.2 Å². The predicted molar refractivity (Wildman–Crippen MR) is 84.0 cm³/mol. The van der Waals surface area contributed by atoms with Crippen LogP contribution in [0.1, 0.15) is 20.3 Å². The van der Waals surface area contributed by atoms with Gasteiger partial charge in [-0.2, -0.15) is 8.42 Å². The number of hydrogen-bond acceptors (Lipinski definition) is 8. The summed E-state index contributed by atoms with van der Waals surface area (Å²) in [4.78, 5) is 22.8. The smallest absolute Gasteiger partial charge is 0.325 e. The summed E-state index contributed by atoms with van der Waals surface area (Å²) in [6.07, 6.45) is -1.36.